The summed E-state index contributed by atoms with van der Waals surface area (Å²) in [7, 11) is 0. The van der Waals surface area contributed by atoms with E-state index in [0.717, 1.165) is 18.4 Å². The van der Waals surface area contributed by atoms with Gasteiger partial charge in [0.2, 0.25) is 0 Å². The highest BCUT2D eigenvalue weighted by atomic mass is 14.5. The maximum atomic E-state index is 5.41. The molecule has 82 valence electrons. The average molecular weight is 187 g/mol. The SMILES string of the molecule is CC.CC(C)C(C)CCCCCN. The Balaban J connectivity index is 0. The van der Waals surface area contributed by atoms with Crippen LogP contribution in [0.5, 0.6) is 0 Å². The predicted molar refractivity (Wildman–Crippen MR) is 62.9 cm³/mol. The molecule has 0 aromatic carbocycles. The highest BCUT2D eigenvalue weighted by Gasteiger charge is 2.05. The van der Waals surface area contributed by atoms with E-state index in [4.69, 9.17) is 5.73 Å². The molecule has 13 heavy (non-hydrogen) atoms. The molecule has 0 aliphatic carbocycles. The second-order valence-corrected chi connectivity index (χ2v) is 3.86. The molecular weight excluding hydrogens is 158 g/mol. The molecule has 0 saturated heterocycles. The summed E-state index contributed by atoms with van der Waals surface area (Å²) in [6, 6.07) is 0. The lowest BCUT2D eigenvalue weighted by molar-refractivity contribution is 0.376. The van der Waals surface area contributed by atoms with E-state index in [1.807, 2.05) is 13.8 Å². The third-order valence-electron chi connectivity index (χ3n) is 2.50. The van der Waals surface area contributed by atoms with Gasteiger partial charge in [0.15, 0.2) is 0 Å². The number of unbranched alkanes of at least 4 members (excludes halogenated alkanes) is 2. The van der Waals surface area contributed by atoms with Crippen molar-refractivity contribution < 1.29 is 0 Å². The van der Waals surface area contributed by atoms with Gasteiger partial charge in [-0.15, -0.1) is 0 Å². The van der Waals surface area contributed by atoms with Crippen molar-refractivity contribution in [3.8, 4) is 0 Å². The molecule has 0 rings (SSSR count). The van der Waals surface area contributed by atoms with Gasteiger partial charge in [-0.2, -0.15) is 0 Å². The molecule has 0 aliphatic rings. The normalized spacial score (nSPS) is 12.2. The third kappa shape index (κ3) is 12.0. The minimum Gasteiger partial charge on any atom is -0.330 e. The summed E-state index contributed by atoms with van der Waals surface area (Å²) in [5.41, 5.74) is 5.41. The fraction of sp³-hybridized carbons (Fsp3) is 1.00. The van der Waals surface area contributed by atoms with E-state index in [2.05, 4.69) is 20.8 Å². The van der Waals surface area contributed by atoms with Crippen molar-refractivity contribution >= 4 is 0 Å². The Bertz CT molecular complexity index is 79.2. The van der Waals surface area contributed by atoms with Crippen molar-refractivity contribution in [2.45, 2.75) is 60.3 Å². The van der Waals surface area contributed by atoms with Crippen LogP contribution in [0.2, 0.25) is 0 Å². The molecule has 1 unspecified atom stereocenters. The third-order valence-corrected chi connectivity index (χ3v) is 2.50. The first kappa shape index (κ1) is 15.4. The van der Waals surface area contributed by atoms with E-state index >= 15 is 0 Å². The van der Waals surface area contributed by atoms with Crippen LogP contribution in [0.1, 0.15) is 60.3 Å². The molecule has 0 amide bonds. The standard InChI is InChI=1S/C10H23N.C2H6/c1-9(2)10(3)7-5-4-6-8-11;1-2/h9-10H,4-8,11H2,1-3H3;1-2H3. The number of hydrogen-bond donors (Lipinski definition) is 1. The maximum absolute atomic E-state index is 5.41. The smallest absolute Gasteiger partial charge is 0.00773 e. The molecule has 1 nitrogen and oxygen atoms in total. The van der Waals surface area contributed by atoms with Gasteiger partial charge in [0.25, 0.3) is 0 Å². The maximum Gasteiger partial charge on any atom is -0.00773 e. The molecule has 0 spiro atoms. The van der Waals surface area contributed by atoms with E-state index in [9.17, 15) is 0 Å². The summed E-state index contributed by atoms with van der Waals surface area (Å²) in [6.45, 7) is 11.8. The van der Waals surface area contributed by atoms with Crippen molar-refractivity contribution in [2.75, 3.05) is 6.54 Å². The van der Waals surface area contributed by atoms with Crippen LogP contribution >= 0.6 is 0 Å². The Morgan fingerprint density at radius 2 is 1.46 bits per heavy atom. The van der Waals surface area contributed by atoms with E-state index in [0.29, 0.717) is 0 Å². The highest BCUT2D eigenvalue weighted by Crippen LogP contribution is 2.17. The molecule has 0 aromatic heterocycles. The molecule has 0 fully saturated rings. The van der Waals surface area contributed by atoms with Gasteiger partial charge in [0, 0.05) is 0 Å². The highest BCUT2D eigenvalue weighted by molar-refractivity contribution is 4.57. The molecular formula is C12H29N. The van der Waals surface area contributed by atoms with E-state index in [1.54, 1.807) is 0 Å². The molecule has 0 aromatic rings. The van der Waals surface area contributed by atoms with Crippen LogP contribution in [0.15, 0.2) is 0 Å². The second kappa shape index (κ2) is 12.0. The first-order valence-corrected chi connectivity index (χ1v) is 5.88. The summed E-state index contributed by atoms with van der Waals surface area (Å²) < 4.78 is 0. The second-order valence-electron chi connectivity index (χ2n) is 3.86. The zero-order valence-corrected chi connectivity index (χ0v) is 10.3. The fourth-order valence-electron chi connectivity index (χ4n) is 1.12. The topological polar surface area (TPSA) is 26.0 Å². The molecule has 0 heterocycles. The van der Waals surface area contributed by atoms with Crippen LogP contribution in [0.4, 0.5) is 0 Å². The number of rotatable bonds is 6. The summed E-state index contributed by atoms with van der Waals surface area (Å²) in [6.07, 6.45) is 5.24. The zero-order chi connectivity index (χ0) is 10.7. The molecule has 0 aliphatic heterocycles. The average Bonchev–Trinajstić information content (AvgIpc) is 2.15. The first-order chi connectivity index (χ1) is 6.18. The van der Waals surface area contributed by atoms with E-state index in [-0.39, 0.29) is 0 Å². The summed E-state index contributed by atoms with van der Waals surface area (Å²) >= 11 is 0. The lowest BCUT2D eigenvalue weighted by atomic mass is 9.92. The Labute approximate surface area is 85.1 Å². The summed E-state index contributed by atoms with van der Waals surface area (Å²) in [5, 5.41) is 0. The first-order valence-electron chi connectivity index (χ1n) is 5.88. The largest absolute Gasteiger partial charge is 0.330 e. The molecule has 0 bridgehead atoms. The van der Waals surface area contributed by atoms with Crippen LogP contribution in [0.25, 0.3) is 0 Å². The Morgan fingerprint density at radius 3 is 1.85 bits per heavy atom. The van der Waals surface area contributed by atoms with Crippen molar-refractivity contribution in [3.63, 3.8) is 0 Å². The number of hydrogen-bond acceptors (Lipinski definition) is 1. The molecule has 0 saturated carbocycles. The molecule has 1 heteroatoms. The lowest BCUT2D eigenvalue weighted by Crippen LogP contribution is -2.04. The fourth-order valence-corrected chi connectivity index (χ4v) is 1.12. The minimum atomic E-state index is 0.841. The van der Waals surface area contributed by atoms with Crippen molar-refractivity contribution in [3.05, 3.63) is 0 Å². The Hall–Kier alpha value is -0.0400. The number of nitrogens with two attached hydrogens (primary N) is 1. The van der Waals surface area contributed by atoms with Crippen LogP contribution in [-0.2, 0) is 0 Å². The van der Waals surface area contributed by atoms with Crippen molar-refractivity contribution in [1.29, 1.82) is 0 Å². The summed E-state index contributed by atoms with van der Waals surface area (Å²) in [4.78, 5) is 0. The van der Waals surface area contributed by atoms with Gasteiger partial charge >= 0.3 is 0 Å². The van der Waals surface area contributed by atoms with Gasteiger partial charge < -0.3 is 5.73 Å². The Kier molecular flexibility index (Phi) is 14.2. The van der Waals surface area contributed by atoms with Crippen LogP contribution < -0.4 is 5.73 Å². The van der Waals surface area contributed by atoms with Crippen molar-refractivity contribution in [1.82, 2.24) is 0 Å². The molecule has 1 atom stereocenters. The van der Waals surface area contributed by atoms with Crippen LogP contribution in [-0.4, -0.2) is 6.54 Å². The van der Waals surface area contributed by atoms with Gasteiger partial charge in [-0.25, -0.2) is 0 Å². The van der Waals surface area contributed by atoms with Gasteiger partial charge in [0.1, 0.15) is 0 Å². The molecule has 0 radical (unpaired) electrons. The summed E-state index contributed by atoms with van der Waals surface area (Å²) in [5.74, 6) is 1.72. The van der Waals surface area contributed by atoms with E-state index in [1.165, 1.54) is 25.7 Å². The van der Waals surface area contributed by atoms with Crippen LogP contribution in [0.3, 0.4) is 0 Å². The molecule has 2 N–H and O–H groups in total. The van der Waals surface area contributed by atoms with Gasteiger partial charge in [-0.3, -0.25) is 0 Å². The predicted octanol–water partition coefficient (Wildman–Crippen LogP) is 3.82. The zero-order valence-electron chi connectivity index (χ0n) is 10.3. The van der Waals surface area contributed by atoms with Gasteiger partial charge in [0.05, 0.1) is 0 Å². The lowest BCUT2D eigenvalue weighted by Gasteiger charge is -2.14. The minimum absolute atomic E-state index is 0.841. The van der Waals surface area contributed by atoms with Crippen molar-refractivity contribution in [2.24, 2.45) is 17.6 Å². The van der Waals surface area contributed by atoms with Crippen LogP contribution in [0, 0.1) is 11.8 Å². The Morgan fingerprint density at radius 1 is 0.923 bits per heavy atom. The quantitative estimate of drug-likeness (QED) is 0.628. The van der Waals surface area contributed by atoms with Gasteiger partial charge in [-0.05, 0) is 24.8 Å². The monoisotopic (exact) mass is 187 g/mol. The van der Waals surface area contributed by atoms with E-state index < -0.39 is 0 Å². The van der Waals surface area contributed by atoms with Gasteiger partial charge in [-0.1, -0.05) is 53.9 Å².